The number of aromatic nitrogens is 2. The highest BCUT2D eigenvalue weighted by Crippen LogP contribution is 2.30. The van der Waals surface area contributed by atoms with Crippen molar-refractivity contribution in [3.8, 4) is 0 Å². The summed E-state index contributed by atoms with van der Waals surface area (Å²) in [5.41, 5.74) is 4.56. The fourth-order valence-corrected chi connectivity index (χ4v) is 2.09. The smallest absolute Gasteiger partial charge is 0.407 e. The number of hydrogen-bond acceptors (Lipinski definition) is 6. The number of nitrogens with one attached hydrogen (secondary N) is 1. The van der Waals surface area contributed by atoms with Crippen LogP contribution in [-0.2, 0) is 17.2 Å². The van der Waals surface area contributed by atoms with Gasteiger partial charge in [-0.1, -0.05) is 6.92 Å². The van der Waals surface area contributed by atoms with Gasteiger partial charge in [0.15, 0.2) is 0 Å². The lowest BCUT2D eigenvalue weighted by atomic mass is 9.85. The Balaban J connectivity index is 2.96. The van der Waals surface area contributed by atoms with Gasteiger partial charge in [0, 0.05) is 25.6 Å². The van der Waals surface area contributed by atoms with Crippen LogP contribution < -0.4 is 11.1 Å². The number of ether oxygens (including phenoxy) is 1. The summed E-state index contributed by atoms with van der Waals surface area (Å²) in [5, 5.41) is 17.6. The Kier molecular flexibility index (Phi) is 5.13. The zero-order chi connectivity index (χ0) is 17.1. The number of nitrogens with two attached hydrogens (primary N) is 1. The monoisotopic (exact) mass is 313 g/mol. The van der Waals surface area contributed by atoms with Crippen LogP contribution in [0.4, 0.5) is 10.5 Å². The third-order valence-corrected chi connectivity index (χ3v) is 3.16. The van der Waals surface area contributed by atoms with Crippen molar-refractivity contribution < 1.29 is 14.5 Å². The molecule has 1 aromatic heterocycles. The maximum atomic E-state index is 11.8. The molecule has 1 aromatic rings. The van der Waals surface area contributed by atoms with Gasteiger partial charge in [0.1, 0.15) is 17.5 Å². The third kappa shape index (κ3) is 4.17. The second-order valence-electron chi connectivity index (χ2n) is 6.38. The molecule has 0 saturated heterocycles. The molecule has 0 aliphatic carbocycles. The van der Waals surface area contributed by atoms with E-state index in [1.165, 1.54) is 10.9 Å². The van der Waals surface area contributed by atoms with E-state index in [1.54, 1.807) is 34.7 Å². The van der Waals surface area contributed by atoms with Gasteiger partial charge < -0.3 is 15.8 Å². The van der Waals surface area contributed by atoms with Crippen molar-refractivity contribution in [3.05, 3.63) is 22.0 Å². The van der Waals surface area contributed by atoms with E-state index < -0.39 is 22.0 Å². The number of nitro groups is 1. The minimum atomic E-state index is -0.843. The zero-order valence-electron chi connectivity index (χ0n) is 13.5. The van der Waals surface area contributed by atoms with Crippen molar-refractivity contribution in [3.63, 3.8) is 0 Å². The second kappa shape index (κ2) is 6.30. The van der Waals surface area contributed by atoms with Gasteiger partial charge in [-0.05, 0) is 20.8 Å². The lowest BCUT2D eigenvalue weighted by Crippen LogP contribution is -2.46. The highest BCUT2D eigenvalue weighted by Gasteiger charge is 2.37. The van der Waals surface area contributed by atoms with Gasteiger partial charge in [0.25, 0.3) is 0 Å². The molecule has 3 N–H and O–H groups in total. The average molecular weight is 313 g/mol. The first-order chi connectivity index (χ1) is 10.00. The number of alkyl carbamates (subject to hydrolysis) is 1. The van der Waals surface area contributed by atoms with E-state index in [1.807, 2.05) is 0 Å². The van der Waals surface area contributed by atoms with Gasteiger partial charge in [-0.3, -0.25) is 14.8 Å². The number of carbonyl (C=O) groups is 1. The normalized spacial score (nSPS) is 14.3. The molecule has 9 heteroatoms. The summed E-state index contributed by atoms with van der Waals surface area (Å²) < 4.78 is 6.56. The Morgan fingerprint density at radius 2 is 2.09 bits per heavy atom. The summed E-state index contributed by atoms with van der Waals surface area (Å²) in [6.07, 6.45) is 0.577. The molecule has 0 fully saturated rings. The molecule has 1 unspecified atom stereocenters. The Bertz CT molecular complexity index is 563. The Morgan fingerprint density at radius 1 is 1.50 bits per heavy atom. The maximum Gasteiger partial charge on any atom is 0.407 e. The molecule has 0 saturated carbocycles. The van der Waals surface area contributed by atoms with Crippen LogP contribution in [-0.4, -0.2) is 39.5 Å². The van der Waals surface area contributed by atoms with Crippen molar-refractivity contribution in [1.29, 1.82) is 0 Å². The molecule has 1 rings (SSSR count). The van der Waals surface area contributed by atoms with E-state index in [0.29, 0.717) is 5.69 Å². The molecular formula is C13H23N5O4. The summed E-state index contributed by atoms with van der Waals surface area (Å²) >= 11 is 0. The standard InChI is InChI=1S/C13H23N5O4/c1-12(2,3)22-11(19)15-8-13(4,7-14)10-9(18(20)21)6-16-17(10)5/h6H,7-8,14H2,1-5H3,(H,15,19). The molecular weight excluding hydrogens is 290 g/mol. The molecule has 1 heterocycles. The summed E-state index contributed by atoms with van der Waals surface area (Å²) in [7, 11) is 1.60. The number of rotatable bonds is 5. The van der Waals surface area contributed by atoms with E-state index in [0.717, 1.165) is 0 Å². The van der Waals surface area contributed by atoms with E-state index in [4.69, 9.17) is 10.5 Å². The van der Waals surface area contributed by atoms with Crippen molar-refractivity contribution in [2.75, 3.05) is 13.1 Å². The quantitative estimate of drug-likeness (QED) is 0.618. The van der Waals surface area contributed by atoms with Crippen LogP contribution in [0.1, 0.15) is 33.4 Å². The van der Waals surface area contributed by atoms with Crippen LogP contribution in [0, 0.1) is 10.1 Å². The van der Waals surface area contributed by atoms with Crippen LogP contribution in [0.15, 0.2) is 6.20 Å². The molecule has 0 aliphatic heterocycles. The van der Waals surface area contributed by atoms with Crippen molar-refractivity contribution in [1.82, 2.24) is 15.1 Å². The lowest BCUT2D eigenvalue weighted by Gasteiger charge is -2.28. The predicted octanol–water partition coefficient (Wildman–Crippen LogP) is 1.07. The molecule has 0 radical (unpaired) electrons. The highest BCUT2D eigenvalue weighted by atomic mass is 16.6. The number of amides is 1. The van der Waals surface area contributed by atoms with Crippen molar-refractivity contribution in [2.45, 2.75) is 38.7 Å². The molecule has 0 aliphatic rings. The van der Waals surface area contributed by atoms with Crippen LogP contribution in [0.3, 0.4) is 0 Å². The Morgan fingerprint density at radius 3 is 2.55 bits per heavy atom. The fraction of sp³-hybridized carbons (Fsp3) is 0.692. The van der Waals surface area contributed by atoms with Crippen molar-refractivity contribution >= 4 is 11.8 Å². The minimum absolute atomic E-state index is 0.0960. The molecule has 1 amide bonds. The lowest BCUT2D eigenvalue weighted by molar-refractivity contribution is -0.386. The third-order valence-electron chi connectivity index (χ3n) is 3.16. The molecule has 124 valence electrons. The molecule has 0 bridgehead atoms. The van der Waals surface area contributed by atoms with E-state index in [9.17, 15) is 14.9 Å². The van der Waals surface area contributed by atoms with Gasteiger partial charge in [0.2, 0.25) is 0 Å². The molecule has 22 heavy (non-hydrogen) atoms. The number of hydrogen-bond donors (Lipinski definition) is 2. The van der Waals surface area contributed by atoms with E-state index in [-0.39, 0.29) is 18.8 Å². The van der Waals surface area contributed by atoms with Crippen LogP contribution in [0.2, 0.25) is 0 Å². The van der Waals surface area contributed by atoms with Crippen LogP contribution in [0.25, 0.3) is 0 Å². The Labute approximate surface area is 129 Å². The van der Waals surface area contributed by atoms with Gasteiger partial charge in [0.05, 0.1) is 4.92 Å². The van der Waals surface area contributed by atoms with E-state index >= 15 is 0 Å². The molecule has 0 aromatic carbocycles. The summed E-state index contributed by atoms with van der Waals surface area (Å²) in [6.45, 7) is 7.18. The Hall–Kier alpha value is -2.16. The average Bonchev–Trinajstić information content (AvgIpc) is 2.77. The van der Waals surface area contributed by atoms with Gasteiger partial charge in [-0.25, -0.2) is 4.79 Å². The molecule has 0 spiro atoms. The minimum Gasteiger partial charge on any atom is -0.444 e. The number of carbonyl (C=O) groups excluding carboxylic acids is 1. The predicted molar refractivity (Wildman–Crippen MR) is 80.5 cm³/mol. The first-order valence-corrected chi connectivity index (χ1v) is 6.84. The maximum absolute atomic E-state index is 11.8. The number of nitrogens with zero attached hydrogens (tertiary/aromatic N) is 3. The van der Waals surface area contributed by atoms with E-state index in [2.05, 4.69) is 10.4 Å². The summed E-state index contributed by atoms with van der Waals surface area (Å²) in [4.78, 5) is 22.4. The van der Waals surface area contributed by atoms with Crippen LogP contribution in [0.5, 0.6) is 0 Å². The first kappa shape index (κ1) is 17.9. The number of aryl methyl sites for hydroxylation is 1. The SMILES string of the molecule is Cn1ncc([N+](=O)[O-])c1C(C)(CN)CNC(=O)OC(C)(C)C. The summed E-state index contributed by atoms with van der Waals surface area (Å²) in [5.74, 6) is 0. The largest absolute Gasteiger partial charge is 0.444 e. The molecule has 1 atom stereocenters. The summed E-state index contributed by atoms with van der Waals surface area (Å²) in [6, 6.07) is 0. The topological polar surface area (TPSA) is 125 Å². The zero-order valence-corrected chi connectivity index (χ0v) is 13.5. The molecule has 9 nitrogen and oxygen atoms in total. The first-order valence-electron chi connectivity index (χ1n) is 6.84. The van der Waals surface area contributed by atoms with Crippen LogP contribution >= 0.6 is 0 Å². The highest BCUT2D eigenvalue weighted by molar-refractivity contribution is 5.68. The van der Waals surface area contributed by atoms with Gasteiger partial charge >= 0.3 is 11.8 Å². The second-order valence-corrected chi connectivity index (χ2v) is 6.38. The fourth-order valence-electron chi connectivity index (χ4n) is 2.09. The van der Waals surface area contributed by atoms with Crippen molar-refractivity contribution in [2.24, 2.45) is 12.8 Å². The van der Waals surface area contributed by atoms with Gasteiger partial charge in [-0.2, -0.15) is 5.10 Å². The van der Waals surface area contributed by atoms with Gasteiger partial charge in [-0.15, -0.1) is 0 Å².